The normalized spacial score (nSPS) is 23.8. The number of nitrogens with two attached hydrogens (primary N) is 1. The number of rotatable bonds is 4. The van der Waals surface area contributed by atoms with Crippen LogP contribution >= 0.6 is 0 Å². The van der Waals surface area contributed by atoms with Gasteiger partial charge >= 0.3 is 0 Å². The highest BCUT2D eigenvalue weighted by atomic mass is 16.2. The van der Waals surface area contributed by atoms with Gasteiger partial charge in [-0.1, -0.05) is 39.5 Å². The predicted molar refractivity (Wildman–Crippen MR) is 74.2 cm³/mol. The Hall–Kier alpha value is -0.570. The molecule has 2 aliphatic rings. The molecule has 0 spiro atoms. The molecule has 0 unspecified atom stereocenters. The van der Waals surface area contributed by atoms with E-state index in [4.69, 9.17) is 5.73 Å². The molecule has 0 heterocycles. The van der Waals surface area contributed by atoms with Crippen LogP contribution in [0.3, 0.4) is 0 Å². The fourth-order valence-corrected chi connectivity index (χ4v) is 3.51. The fraction of sp³-hybridized carbons (Fsp3) is 0.933. The molecule has 2 N–H and O–H groups in total. The molecule has 1 amide bonds. The number of carbonyl (C=O) groups excluding carboxylic acids is 1. The molecular weight excluding hydrogens is 224 g/mol. The molecule has 0 radical (unpaired) electrons. The first-order chi connectivity index (χ1) is 8.53. The third kappa shape index (κ3) is 2.87. The lowest BCUT2D eigenvalue weighted by atomic mass is 9.95. The minimum Gasteiger partial charge on any atom is -0.338 e. The number of nitrogens with zero attached hydrogens (tertiary/aromatic N) is 1. The highest BCUT2D eigenvalue weighted by Crippen LogP contribution is 2.32. The van der Waals surface area contributed by atoms with Crippen LogP contribution < -0.4 is 5.73 Å². The average molecular weight is 252 g/mol. The van der Waals surface area contributed by atoms with Crippen LogP contribution in [0.4, 0.5) is 0 Å². The molecule has 18 heavy (non-hydrogen) atoms. The molecule has 104 valence electrons. The van der Waals surface area contributed by atoms with E-state index >= 15 is 0 Å². The molecule has 0 atom stereocenters. The smallest absolute Gasteiger partial charge is 0.242 e. The van der Waals surface area contributed by atoms with Gasteiger partial charge in [0, 0.05) is 12.6 Å². The summed E-state index contributed by atoms with van der Waals surface area (Å²) < 4.78 is 0. The van der Waals surface area contributed by atoms with Gasteiger partial charge < -0.3 is 10.6 Å². The summed E-state index contributed by atoms with van der Waals surface area (Å²) in [6.45, 7) is 5.25. The Morgan fingerprint density at radius 3 is 2.28 bits per heavy atom. The van der Waals surface area contributed by atoms with E-state index < -0.39 is 5.54 Å². The van der Waals surface area contributed by atoms with Crippen molar-refractivity contribution in [2.75, 3.05) is 6.54 Å². The summed E-state index contributed by atoms with van der Waals surface area (Å²) in [5, 5.41) is 0. The molecule has 2 saturated carbocycles. The summed E-state index contributed by atoms with van der Waals surface area (Å²) in [6.07, 6.45) is 8.88. The molecule has 2 fully saturated rings. The molecule has 0 aromatic rings. The quantitative estimate of drug-likeness (QED) is 0.836. The molecule has 2 aliphatic carbocycles. The minimum absolute atomic E-state index is 0.237. The van der Waals surface area contributed by atoms with Gasteiger partial charge in [0.2, 0.25) is 5.91 Å². The van der Waals surface area contributed by atoms with E-state index in [1.807, 2.05) is 0 Å². The van der Waals surface area contributed by atoms with Crippen molar-refractivity contribution < 1.29 is 4.79 Å². The lowest BCUT2D eigenvalue weighted by Gasteiger charge is -2.36. The lowest BCUT2D eigenvalue weighted by Crippen LogP contribution is -2.56. The van der Waals surface area contributed by atoms with Crippen LogP contribution in [0.1, 0.15) is 65.2 Å². The summed E-state index contributed by atoms with van der Waals surface area (Å²) in [5.41, 5.74) is 5.81. The van der Waals surface area contributed by atoms with Crippen LogP contribution in [-0.4, -0.2) is 28.9 Å². The van der Waals surface area contributed by atoms with Crippen LogP contribution in [0, 0.1) is 5.92 Å². The van der Waals surface area contributed by atoms with Gasteiger partial charge in [-0.2, -0.15) is 0 Å². The fourth-order valence-electron chi connectivity index (χ4n) is 3.51. The highest BCUT2D eigenvalue weighted by Gasteiger charge is 2.42. The van der Waals surface area contributed by atoms with Crippen molar-refractivity contribution in [3.8, 4) is 0 Å². The average Bonchev–Trinajstić information content (AvgIpc) is 2.96. The molecule has 0 aromatic heterocycles. The number of amides is 1. The van der Waals surface area contributed by atoms with E-state index in [0.29, 0.717) is 12.0 Å². The Labute approximate surface area is 111 Å². The van der Waals surface area contributed by atoms with Crippen molar-refractivity contribution in [2.45, 2.75) is 76.8 Å². The van der Waals surface area contributed by atoms with E-state index in [2.05, 4.69) is 18.7 Å². The van der Waals surface area contributed by atoms with Crippen molar-refractivity contribution in [2.24, 2.45) is 11.7 Å². The zero-order valence-corrected chi connectivity index (χ0v) is 12.0. The predicted octanol–water partition coefficient (Wildman–Crippen LogP) is 2.69. The van der Waals surface area contributed by atoms with E-state index in [1.54, 1.807) is 0 Å². The lowest BCUT2D eigenvalue weighted by molar-refractivity contribution is -0.139. The van der Waals surface area contributed by atoms with E-state index in [1.165, 1.54) is 25.7 Å². The monoisotopic (exact) mass is 252 g/mol. The van der Waals surface area contributed by atoms with Crippen molar-refractivity contribution in [3.05, 3.63) is 0 Å². The Bertz CT molecular complexity index is 289. The summed E-state index contributed by atoms with van der Waals surface area (Å²) in [7, 11) is 0. The van der Waals surface area contributed by atoms with Crippen LogP contribution in [-0.2, 0) is 4.79 Å². The number of hydrogen-bond acceptors (Lipinski definition) is 2. The van der Waals surface area contributed by atoms with E-state index in [-0.39, 0.29) is 5.91 Å². The van der Waals surface area contributed by atoms with Gasteiger partial charge in [-0.15, -0.1) is 0 Å². The zero-order valence-electron chi connectivity index (χ0n) is 12.0. The summed E-state index contributed by atoms with van der Waals surface area (Å²) in [5.74, 6) is 0.764. The first-order valence-corrected chi connectivity index (χ1v) is 7.63. The van der Waals surface area contributed by atoms with Gasteiger partial charge in [0.1, 0.15) is 0 Å². The first kappa shape index (κ1) is 13.9. The van der Waals surface area contributed by atoms with Crippen molar-refractivity contribution in [1.29, 1.82) is 0 Å². The summed E-state index contributed by atoms with van der Waals surface area (Å²) in [6, 6.07) is 0.459. The molecule has 0 aliphatic heterocycles. The largest absolute Gasteiger partial charge is 0.338 e. The van der Waals surface area contributed by atoms with Crippen molar-refractivity contribution in [1.82, 2.24) is 4.90 Å². The van der Waals surface area contributed by atoms with Crippen LogP contribution in [0.5, 0.6) is 0 Å². The van der Waals surface area contributed by atoms with E-state index in [9.17, 15) is 4.79 Å². The number of hydrogen-bond donors (Lipinski definition) is 1. The van der Waals surface area contributed by atoms with Gasteiger partial charge in [-0.25, -0.2) is 0 Å². The topological polar surface area (TPSA) is 46.3 Å². The Balaban J connectivity index is 2.09. The Kier molecular flexibility index (Phi) is 4.31. The van der Waals surface area contributed by atoms with Gasteiger partial charge in [-0.05, 0) is 31.6 Å². The van der Waals surface area contributed by atoms with Gasteiger partial charge in [0.05, 0.1) is 5.54 Å². The molecule has 0 saturated heterocycles. The molecule has 3 nitrogen and oxygen atoms in total. The SMILES string of the molecule is CC(C)CN(C(=O)C1(N)CCCC1)C1CCCC1. The third-order valence-corrected chi connectivity index (χ3v) is 4.51. The van der Waals surface area contributed by atoms with E-state index in [0.717, 1.165) is 32.2 Å². The molecular formula is C15H28N2O. The number of carbonyl (C=O) groups is 1. The molecule has 3 heteroatoms. The minimum atomic E-state index is -0.544. The first-order valence-electron chi connectivity index (χ1n) is 7.63. The third-order valence-electron chi connectivity index (χ3n) is 4.51. The van der Waals surface area contributed by atoms with Crippen LogP contribution in [0.2, 0.25) is 0 Å². The van der Waals surface area contributed by atoms with Gasteiger partial charge in [0.25, 0.3) is 0 Å². The second kappa shape index (κ2) is 5.60. The highest BCUT2D eigenvalue weighted by molar-refractivity contribution is 5.86. The molecule has 0 aromatic carbocycles. The maximum Gasteiger partial charge on any atom is 0.242 e. The second-order valence-corrected chi connectivity index (χ2v) is 6.65. The van der Waals surface area contributed by atoms with Crippen molar-refractivity contribution >= 4 is 5.91 Å². The Morgan fingerprint density at radius 1 is 1.22 bits per heavy atom. The van der Waals surface area contributed by atoms with Gasteiger partial charge in [0.15, 0.2) is 0 Å². The maximum atomic E-state index is 12.8. The molecule has 2 rings (SSSR count). The zero-order chi connectivity index (χ0) is 13.2. The summed E-state index contributed by atoms with van der Waals surface area (Å²) in [4.78, 5) is 14.9. The van der Waals surface area contributed by atoms with Crippen LogP contribution in [0.15, 0.2) is 0 Å². The molecule has 0 bridgehead atoms. The van der Waals surface area contributed by atoms with Crippen LogP contribution in [0.25, 0.3) is 0 Å². The standard InChI is InChI=1S/C15H28N2O/c1-12(2)11-17(13-7-3-4-8-13)14(18)15(16)9-5-6-10-15/h12-13H,3-11,16H2,1-2H3. The Morgan fingerprint density at radius 2 is 1.78 bits per heavy atom. The van der Waals surface area contributed by atoms with Gasteiger partial charge in [-0.3, -0.25) is 4.79 Å². The maximum absolute atomic E-state index is 12.8. The second-order valence-electron chi connectivity index (χ2n) is 6.65. The van der Waals surface area contributed by atoms with Crippen molar-refractivity contribution in [3.63, 3.8) is 0 Å². The summed E-state index contributed by atoms with van der Waals surface area (Å²) >= 11 is 0.